The fraction of sp³-hybridized carbons (Fsp3) is 0.562. The van der Waals surface area contributed by atoms with Gasteiger partial charge in [0.2, 0.25) is 5.91 Å². The van der Waals surface area contributed by atoms with E-state index in [1.54, 1.807) is 7.11 Å². The molecule has 1 amide bonds. The van der Waals surface area contributed by atoms with Gasteiger partial charge in [0.15, 0.2) is 0 Å². The van der Waals surface area contributed by atoms with E-state index in [4.69, 9.17) is 9.47 Å². The van der Waals surface area contributed by atoms with Crippen LogP contribution in [-0.4, -0.2) is 43.7 Å². The third-order valence-electron chi connectivity index (χ3n) is 3.79. The molecule has 1 saturated heterocycles. The van der Waals surface area contributed by atoms with Crippen LogP contribution < -0.4 is 10.1 Å². The Morgan fingerprint density at radius 3 is 2.76 bits per heavy atom. The molecule has 1 aliphatic heterocycles. The number of nitrogens with zero attached hydrogens (tertiary/aromatic N) is 1. The second kappa shape index (κ2) is 6.91. The van der Waals surface area contributed by atoms with Crippen molar-refractivity contribution in [2.75, 3.05) is 26.9 Å². The van der Waals surface area contributed by atoms with Gasteiger partial charge in [-0.1, -0.05) is 6.07 Å². The summed E-state index contributed by atoms with van der Waals surface area (Å²) in [6.45, 7) is 7.68. The van der Waals surface area contributed by atoms with Crippen molar-refractivity contribution in [3.05, 3.63) is 29.3 Å². The minimum Gasteiger partial charge on any atom is -0.496 e. The Kier molecular flexibility index (Phi) is 5.20. The maximum absolute atomic E-state index is 12.3. The van der Waals surface area contributed by atoms with Crippen LogP contribution >= 0.6 is 0 Å². The Morgan fingerprint density at radius 2 is 2.14 bits per heavy atom. The second-order valence-corrected chi connectivity index (χ2v) is 5.25. The summed E-state index contributed by atoms with van der Waals surface area (Å²) in [6, 6.07) is 5.84. The van der Waals surface area contributed by atoms with Crippen LogP contribution in [0.5, 0.6) is 5.75 Å². The van der Waals surface area contributed by atoms with E-state index < -0.39 is 0 Å². The Hall–Kier alpha value is -1.59. The average molecular weight is 292 g/mol. The van der Waals surface area contributed by atoms with Crippen LogP contribution in [0.25, 0.3) is 0 Å². The molecule has 1 heterocycles. The van der Waals surface area contributed by atoms with Gasteiger partial charge in [0, 0.05) is 13.2 Å². The van der Waals surface area contributed by atoms with Gasteiger partial charge in [0.1, 0.15) is 11.9 Å². The van der Waals surface area contributed by atoms with Crippen LogP contribution in [0.3, 0.4) is 0 Å². The van der Waals surface area contributed by atoms with Gasteiger partial charge in [-0.05, 0) is 44.0 Å². The number of carbonyl (C=O) groups is 1. The Morgan fingerprint density at radius 1 is 1.38 bits per heavy atom. The highest BCUT2D eigenvalue weighted by Crippen LogP contribution is 2.28. The van der Waals surface area contributed by atoms with E-state index in [-0.39, 0.29) is 18.1 Å². The molecule has 1 aliphatic rings. The number of rotatable bonds is 6. The maximum atomic E-state index is 12.3. The molecule has 1 aromatic carbocycles. The molecule has 0 spiro atoms. The fourth-order valence-electron chi connectivity index (χ4n) is 2.67. The van der Waals surface area contributed by atoms with Crippen molar-refractivity contribution in [2.24, 2.45) is 0 Å². The molecular weight excluding hydrogens is 268 g/mol. The number of ether oxygens (including phenoxy) is 2. The molecule has 2 atom stereocenters. The first-order chi connectivity index (χ1) is 10.1. The van der Waals surface area contributed by atoms with Crippen molar-refractivity contribution in [3.63, 3.8) is 0 Å². The molecule has 2 unspecified atom stereocenters. The third kappa shape index (κ3) is 3.36. The van der Waals surface area contributed by atoms with E-state index in [2.05, 4.69) is 11.4 Å². The number of benzene rings is 1. The van der Waals surface area contributed by atoms with E-state index in [1.165, 1.54) is 0 Å². The van der Waals surface area contributed by atoms with E-state index in [0.29, 0.717) is 19.8 Å². The highest BCUT2D eigenvalue weighted by molar-refractivity contribution is 5.84. The van der Waals surface area contributed by atoms with Gasteiger partial charge in [0.25, 0.3) is 0 Å². The van der Waals surface area contributed by atoms with Gasteiger partial charge in [-0.2, -0.15) is 0 Å². The standard InChI is InChI=1S/C16H24N2O3/c1-5-21-9-8-18-15(17-12(3)16(18)19)13-6-7-14(20-4)11(2)10-13/h6-7,10,12,15,17H,5,8-9H2,1-4H3. The van der Waals surface area contributed by atoms with Gasteiger partial charge < -0.3 is 14.4 Å². The van der Waals surface area contributed by atoms with Crippen molar-refractivity contribution in [2.45, 2.75) is 33.0 Å². The van der Waals surface area contributed by atoms with Crippen LogP contribution in [0.2, 0.25) is 0 Å². The molecule has 21 heavy (non-hydrogen) atoms. The zero-order chi connectivity index (χ0) is 15.4. The smallest absolute Gasteiger partial charge is 0.241 e. The summed E-state index contributed by atoms with van der Waals surface area (Å²) in [4.78, 5) is 14.1. The molecule has 116 valence electrons. The summed E-state index contributed by atoms with van der Waals surface area (Å²) in [6.07, 6.45) is -0.0995. The van der Waals surface area contributed by atoms with Crippen LogP contribution in [0.1, 0.15) is 31.1 Å². The lowest BCUT2D eigenvalue weighted by Gasteiger charge is -2.25. The van der Waals surface area contributed by atoms with Gasteiger partial charge in [-0.15, -0.1) is 0 Å². The summed E-state index contributed by atoms with van der Waals surface area (Å²) >= 11 is 0. The SMILES string of the molecule is CCOCCN1C(=O)C(C)NC1c1ccc(OC)c(C)c1. The number of hydrogen-bond acceptors (Lipinski definition) is 4. The Balaban J connectivity index is 2.19. The molecule has 5 nitrogen and oxygen atoms in total. The van der Waals surface area contributed by atoms with Gasteiger partial charge in [-0.3, -0.25) is 10.1 Å². The number of methoxy groups -OCH3 is 1. The number of aryl methyl sites for hydroxylation is 1. The van der Waals surface area contributed by atoms with Gasteiger partial charge in [-0.25, -0.2) is 0 Å². The maximum Gasteiger partial charge on any atom is 0.241 e. The molecule has 2 rings (SSSR count). The highest BCUT2D eigenvalue weighted by Gasteiger charge is 2.36. The van der Waals surface area contributed by atoms with Crippen molar-refractivity contribution < 1.29 is 14.3 Å². The zero-order valence-electron chi connectivity index (χ0n) is 13.2. The fourth-order valence-corrected chi connectivity index (χ4v) is 2.67. The number of amides is 1. The molecule has 1 fully saturated rings. The summed E-state index contributed by atoms with van der Waals surface area (Å²) in [5.74, 6) is 0.977. The molecular formula is C16H24N2O3. The predicted octanol–water partition coefficient (Wildman–Crippen LogP) is 1.86. The number of carbonyl (C=O) groups excluding carboxylic acids is 1. The van der Waals surface area contributed by atoms with Crippen LogP contribution in [0, 0.1) is 6.92 Å². The van der Waals surface area contributed by atoms with Crippen molar-refractivity contribution >= 4 is 5.91 Å². The summed E-state index contributed by atoms with van der Waals surface area (Å²) < 4.78 is 10.7. The molecule has 0 aromatic heterocycles. The Bertz CT molecular complexity index is 504. The molecule has 1 aromatic rings. The minimum absolute atomic E-state index is 0.0995. The summed E-state index contributed by atoms with van der Waals surface area (Å²) in [5, 5.41) is 3.34. The largest absolute Gasteiger partial charge is 0.496 e. The van der Waals surface area contributed by atoms with E-state index in [1.807, 2.05) is 37.8 Å². The van der Waals surface area contributed by atoms with Crippen molar-refractivity contribution in [3.8, 4) is 5.75 Å². The van der Waals surface area contributed by atoms with Crippen LogP contribution in [0.15, 0.2) is 18.2 Å². The molecule has 0 aliphatic carbocycles. The lowest BCUT2D eigenvalue weighted by atomic mass is 10.1. The van der Waals surface area contributed by atoms with Crippen LogP contribution in [-0.2, 0) is 9.53 Å². The molecule has 0 bridgehead atoms. The third-order valence-corrected chi connectivity index (χ3v) is 3.79. The van der Waals surface area contributed by atoms with Crippen molar-refractivity contribution in [1.29, 1.82) is 0 Å². The number of nitrogens with one attached hydrogen (secondary N) is 1. The first-order valence-electron chi connectivity index (χ1n) is 7.37. The zero-order valence-corrected chi connectivity index (χ0v) is 13.2. The topological polar surface area (TPSA) is 50.8 Å². The summed E-state index contributed by atoms with van der Waals surface area (Å²) in [7, 11) is 1.66. The minimum atomic E-state index is -0.168. The quantitative estimate of drug-likeness (QED) is 0.813. The summed E-state index contributed by atoms with van der Waals surface area (Å²) in [5.41, 5.74) is 2.14. The van der Waals surface area contributed by atoms with Crippen LogP contribution in [0.4, 0.5) is 0 Å². The number of hydrogen-bond donors (Lipinski definition) is 1. The second-order valence-electron chi connectivity index (χ2n) is 5.25. The van der Waals surface area contributed by atoms with E-state index >= 15 is 0 Å². The van der Waals surface area contributed by atoms with Gasteiger partial charge >= 0.3 is 0 Å². The first-order valence-corrected chi connectivity index (χ1v) is 7.37. The van der Waals surface area contributed by atoms with E-state index in [0.717, 1.165) is 16.9 Å². The molecule has 5 heteroatoms. The normalized spacial score (nSPS) is 21.9. The molecule has 0 radical (unpaired) electrons. The predicted molar refractivity (Wildman–Crippen MR) is 81.3 cm³/mol. The first kappa shape index (κ1) is 15.8. The van der Waals surface area contributed by atoms with E-state index in [9.17, 15) is 4.79 Å². The lowest BCUT2D eigenvalue weighted by molar-refractivity contribution is -0.130. The van der Waals surface area contributed by atoms with Crippen molar-refractivity contribution in [1.82, 2.24) is 10.2 Å². The molecule has 1 N–H and O–H groups in total. The lowest BCUT2D eigenvalue weighted by Crippen LogP contribution is -2.33. The highest BCUT2D eigenvalue weighted by atomic mass is 16.5. The molecule has 0 saturated carbocycles. The monoisotopic (exact) mass is 292 g/mol. The Labute approximate surface area is 126 Å². The average Bonchev–Trinajstić information content (AvgIpc) is 2.75. The van der Waals surface area contributed by atoms with Gasteiger partial charge in [0.05, 0.1) is 19.8 Å².